The molecule has 0 fully saturated rings. The van der Waals surface area contributed by atoms with Gasteiger partial charge >= 0.3 is 5.97 Å². The van der Waals surface area contributed by atoms with Crippen molar-refractivity contribution < 1.29 is 18.3 Å². The lowest BCUT2D eigenvalue weighted by Crippen LogP contribution is -2.35. The van der Waals surface area contributed by atoms with Crippen LogP contribution in [0, 0.1) is 0 Å². The average Bonchev–Trinajstić information content (AvgIpc) is 2.75. The molecule has 0 aliphatic heterocycles. The number of hydrogen-bond acceptors (Lipinski definition) is 6. The summed E-state index contributed by atoms with van der Waals surface area (Å²) in [6.45, 7) is 2.47. The Kier molecular flexibility index (Phi) is 5.41. The van der Waals surface area contributed by atoms with E-state index in [1.54, 1.807) is 6.92 Å². The molecule has 1 heterocycles. The number of nitrogens with zero attached hydrogens (tertiary/aromatic N) is 2. The molecule has 0 aliphatic rings. The van der Waals surface area contributed by atoms with E-state index < -0.39 is 21.7 Å². The normalized spacial score (nSPS) is 13.7. The molecule has 9 heteroatoms. The molecule has 0 spiro atoms. The van der Waals surface area contributed by atoms with Gasteiger partial charge in [0, 0.05) is 6.04 Å². The van der Waals surface area contributed by atoms with E-state index in [1.165, 1.54) is 5.51 Å². The molecule has 1 atom stereocenters. The molecule has 0 aromatic carbocycles. The predicted octanol–water partition coefficient (Wildman–Crippen LogP) is 0.460. The van der Waals surface area contributed by atoms with E-state index in [0.29, 0.717) is 6.42 Å². The molecule has 0 aliphatic carbocycles. The maximum absolute atomic E-state index is 12.1. The Morgan fingerprint density at radius 2 is 2.21 bits per heavy atom. The van der Waals surface area contributed by atoms with Crippen LogP contribution in [-0.4, -0.2) is 56.1 Å². The van der Waals surface area contributed by atoms with E-state index in [1.807, 2.05) is 19.0 Å². The Hall–Kier alpha value is -1.03. The van der Waals surface area contributed by atoms with Crippen molar-refractivity contribution in [2.45, 2.75) is 23.6 Å². The highest BCUT2D eigenvalue weighted by atomic mass is 32.2. The van der Waals surface area contributed by atoms with Gasteiger partial charge in [0.25, 0.3) is 10.0 Å². The standard InChI is InChI=1S/C10H17N3O4S2/c1-7(4-5-13(2)3)12-19(16,17)10-8(9(14)15)11-6-18-10/h6-7,12H,4-5H2,1-3H3,(H,14,15). The molecule has 0 bridgehead atoms. The first kappa shape index (κ1) is 16.0. The molecule has 1 unspecified atom stereocenters. The fourth-order valence-corrected chi connectivity index (χ4v) is 3.83. The van der Waals surface area contributed by atoms with Crippen molar-refractivity contribution >= 4 is 27.3 Å². The second kappa shape index (κ2) is 6.42. The first-order valence-corrected chi connectivity index (χ1v) is 7.94. The van der Waals surface area contributed by atoms with Gasteiger partial charge in [-0.1, -0.05) is 0 Å². The van der Waals surface area contributed by atoms with E-state index in [9.17, 15) is 13.2 Å². The van der Waals surface area contributed by atoms with E-state index in [-0.39, 0.29) is 10.3 Å². The van der Waals surface area contributed by atoms with Crippen molar-refractivity contribution in [3.63, 3.8) is 0 Å². The van der Waals surface area contributed by atoms with Gasteiger partial charge in [-0.05, 0) is 34.0 Å². The number of rotatable bonds is 7. The van der Waals surface area contributed by atoms with Gasteiger partial charge in [-0.2, -0.15) is 0 Å². The average molecular weight is 307 g/mol. The monoisotopic (exact) mass is 307 g/mol. The largest absolute Gasteiger partial charge is 0.476 e. The lowest BCUT2D eigenvalue weighted by atomic mass is 10.2. The van der Waals surface area contributed by atoms with Crippen molar-refractivity contribution in [3.05, 3.63) is 11.2 Å². The predicted molar refractivity (Wildman–Crippen MR) is 72.0 cm³/mol. The fourth-order valence-electron chi connectivity index (χ4n) is 1.40. The van der Waals surface area contributed by atoms with Crippen molar-refractivity contribution in [1.82, 2.24) is 14.6 Å². The van der Waals surface area contributed by atoms with Gasteiger partial charge in [-0.3, -0.25) is 0 Å². The third-order valence-corrected chi connectivity index (χ3v) is 5.31. The summed E-state index contributed by atoms with van der Waals surface area (Å²) in [5.41, 5.74) is 0.778. The Bertz CT molecular complexity index is 539. The lowest BCUT2D eigenvalue weighted by Gasteiger charge is -2.16. The minimum Gasteiger partial charge on any atom is -0.476 e. The zero-order valence-electron chi connectivity index (χ0n) is 11.0. The van der Waals surface area contributed by atoms with Crippen LogP contribution in [0.1, 0.15) is 23.8 Å². The van der Waals surface area contributed by atoms with Crippen LogP contribution in [0.3, 0.4) is 0 Å². The number of nitrogens with one attached hydrogen (secondary N) is 1. The second-order valence-electron chi connectivity index (χ2n) is 4.41. The Morgan fingerprint density at radius 3 is 2.74 bits per heavy atom. The maximum atomic E-state index is 12.1. The Morgan fingerprint density at radius 1 is 1.58 bits per heavy atom. The summed E-state index contributed by atoms with van der Waals surface area (Å²) < 4.78 is 26.3. The minimum absolute atomic E-state index is 0.253. The molecule has 1 aromatic heterocycles. The number of thiazole rings is 1. The Balaban J connectivity index is 2.81. The number of carboxylic acid groups (broad SMARTS) is 1. The zero-order valence-corrected chi connectivity index (χ0v) is 12.6. The van der Waals surface area contributed by atoms with Gasteiger partial charge in [0.05, 0.1) is 5.51 Å². The lowest BCUT2D eigenvalue weighted by molar-refractivity contribution is 0.0687. The van der Waals surface area contributed by atoms with Crippen LogP contribution in [0.5, 0.6) is 0 Å². The number of aromatic carboxylic acids is 1. The smallest absolute Gasteiger partial charge is 0.356 e. The van der Waals surface area contributed by atoms with Crippen LogP contribution in [0.25, 0.3) is 0 Å². The van der Waals surface area contributed by atoms with E-state index in [2.05, 4.69) is 9.71 Å². The van der Waals surface area contributed by atoms with Crippen LogP contribution in [0.4, 0.5) is 0 Å². The van der Waals surface area contributed by atoms with Crippen molar-refractivity contribution in [2.75, 3.05) is 20.6 Å². The third kappa shape index (κ3) is 4.53. The SMILES string of the molecule is CC(CCN(C)C)NS(=O)(=O)c1scnc1C(=O)O. The molecule has 0 amide bonds. The summed E-state index contributed by atoms with van der Waals surface area (Å²) in [6.07, 6.45) is 0.632. The first-order valence-electron chi connectivity index (χ1n) is 5.58. The van der Waals surface area contributed by atoms with Crippen molar-refractivity contribution in [3.8, 4) is 0 Å². The van der Waals surface area contributed by atoms with Gasteiger partial charge in [-0.25, -0.2) is 22.9 Å². The summed E-state index contributed by atoms with van der Waals surface area (Å²) in [5.74, 6) is -1.34. The fraction of sp³-hybridized carbons (Fsp3) is 0.600. The molecule has 0 saturated carbocycles. The highest BCUT2D eigenvalue weighted by Gasteiger charge is 2.26. The second-order valence-corrected chi connectivity index (χ2v) is 7.17. The summed E-state index contributed by atoms with van der Waals surface area (Å²) in [7, 11) is -0.0415. The molecule has 2 N–H and O–H groups in total. The topological polar surface area (TPSA) is 99.6 Å². The van der Waals surface area contributed by atoms with Crippen LogP contribution >= 0.6 is 11.3 Å². The van der Waals surface area contributed by atoms with Gasteiger partial charge < -0.3 is 10.0 Å². The van der Waals surface area contributed by atoms with E-state index in [0.717, 1.165) is 17.9 Å². The number of aromatic nitrogens is 1. The van der Waals surface area contributed by atoms with Crippen LogP contribution < -0.4 is 4.72 Å². The first-order chi connectivity index (χ1) is 8.74. The molecule has 1 rings (SSSR count). The van der Waals surface area contributed by atoms with Gasteiger partial charge in [0.2, 0.25) is 0 Å². The third-order valence-electron chi connectivity index (χ3n) is 2.35. The number of carboxylic acids is 1. The van der Waals surface area contributed by atoms with Crippen molar-refractivity contribution in [2.24, 2.45) is 0 Å². The Labute approximate surface area is 116 Å². The van der Waals surface area contributed by atoms with Crippen molar-refractivity contribution in [1.29, 1.82) is 0 Å². The molecule has 19 heavy (non-hydrogen) atoms. The number of sulfonamides is 1. The van der Waals surface area contributed by atoms with E-state index >= 15 is 0 Å². The molecule has 0 saturated heterocycles. The minimum atomic E-state index is -3.83. The molecule has 108 valence electrons. The summed E-state index contributed by atoms with van der Waals surface area (Å²) in [6, 6.07) is -0.281. The quantitative estimate of drug-likeness (QED) is 0.759. The van der Waals surface area contributed by atoms with Gasteiger partial charge in [-0.15, -0.1) is 11.3 Å². The van der Waals surface area contributed by atoms with Crippen LogP contribution in [0.2, 0.25) is 0 Å². The molecule has 7 nitrogen and oxygen atoms in total. The number of hydrogen-bond donors (Lipinski definition) is 2. The zero-order chi connectivity index (χ0) is 14.6. The number of carbonyl (C=O) groups is 1. The van der Waals surface area contributed by atoms with Crippen LogP contribution in [-0.2, 0) is 10.0 Å². The molecule has 0 radical (unpaired) electrons. The highest BCUT2D eigenvalue weighted by Crippen LogP contribution is 2.20. The molecular weight excluding hydrogens is 290 g/mol. The molecular formula is C10H17N3O4S2. The summed E-state index contributed by atoms with van der Waals surface area (Å²) in [5, 5.41) is 8.87. The van der Waals surface area contributed by atoms with Gasteiger partial charge in [0.15, 0.2) is 9.90 Å². The summed E-state index contributed by atoms with van der Waals surface area (Å²) >= 11 is 0.798. The maximum Gasteiger partial charge on any atom is 0.356 e. The van der Waals surface area contributed by atoms with E-state index in [4.69, 9.17) is 5.11 Å². The summed E-state index contributed by atoms with van der Waals surface area (Å²) in [4.78, 5) is 16.4. The van der Waals surface area contributed by atoms with Gasteiger partial charge in [0.1, 0.15) is 0 Å². The van der Waals surface area contributed by atoms with Crippen LogP contribution in [0.15, 0.2) is 9.72 Å². The highest BCUT2D eigenvalue weighted by molar-refractivity contribution is 7.91. The molecule has 1 aromatic rings.